The largest absolute Gasteiger partial charge is 0.409 e. The molecule has 1 aliphatic carbocycles. The van der Waals surface area contributed by atoms with E-state index in [1.807, 2.05) is 0 Å². The summed E-state index contributed by atoms with van der Waals surface area (Å²) in [5, 5.41) is 10.2. The lowest BCUT2D eigenvalue weighted by Gasteiger charge is -2.42. The van der Waals surface area contributed by atoms with Gasteiger partial charge in [-0.05, 0) is 0 Å². The summed E-state index contributed by atoms with van der Waals surface area (Å²) < 4.78 is 49.0. The smallest absolute Gasteiger partial charge is 0.320 e. The predicted octanol–water partition coefficient (Wildman–Crippen LogP) is 1.02. The van der Waals surface area contributed by atoms with E-state index in [2.05, 4.69) is 5.16 Å². The average molecular weight is 186 g/mol. The number of nitrogens with two attached hydrogens (primary N) is 1. The quantitative estimate of drug-likeness (QED) is 0.211. The molecule has 0 amide bonds. The monoisotopic (exact) mass is 186 g/mol. The molecule has 1 saturated carbocycles. The van der Waals surface area contributed by atoms with Crippen molar-refractivity contribution in [2.75, 3.05) is 0 Å². The maximum atomic E-state index is 12.4. The fraction of sp³-hybridized carbons (Fsp3) is 0.800. The minimum absolute atomic E-state index is 0.856. The molecule has 0 aromatic carbocycles. The summed E-state index contributed by atoms with van der Waals surface area (Å²) in [6.45, 7) is 0. The Bertz CT molecular complexity index is 227. The number of halogens is 4. The van der Waals surface area contributed by atoms with Crippen molar-refractivity contribution >= 4 is 5.84 Å². The van der Waals surface area contributed by atoms with Gasteiger partial charge in [-0.3, -0.25) is 0 Å². The van der Waals surface area contributed by atoms with Crippen LogP contribution >= 0.6 is 0 Å². The summed E-state index contributed by atoms with van der Waals surface area (Å²) in [7, 11) is 0. The highest BCUT2D eigenvalue weighted by atomic mass is 19.3. The van der Waals surface area contributed by atoms with E-state index in [1.54, 1.807) is 0 Å². The minimum atomic E-state index is -4.19. The maximum absolute atomic E-state index is 12.4. The van der Waals surface area contributed by atoms with Crippen molar-refractivity contribution in [2.45, 2.75) is 18.3 Å². The number of nitrogens with zero attached hydrogens (tertiary/aromatic N) is 1. The van der Waals surface area contributed by atoms with Crippen LogP contribution < -0.4 is 5.73 Å². The van der Waals surface area contributed by atoms with Crippen LogP contribution in [0.25, 0.3) is 0 Å². The zero-order valence-electron chi connectivity index (χ0n) is 5.77. The van der Waals surface area contributed by atoms with Gasteiger partial charge in [-0.25, -0.2) is 0 Å². The van der Waals surface area contributed by atoms with E-state index in [1.165, 1.54) is 0 Å². The molecule has 1 unspecified atom stereocenters. The van der Waals surface area contributed by atoms with Crippen LogP contribution in [0.4, 0.5) is 17.6 Å². The number of amidine groups is 1. The number of oxime groups is 1. The van der Waals surface area contributed by atoms with Crippen molar-refractivity contribution in [3.63, 3.8) is 0 Å². The third-order valence-corrected chi connectivity index (χ3v) is 1.86. The number of rotatable bonds is 1. The molecule has 0 saturated heterocycles. The topological polar surface area (TPSA) is 58.6 Å². The van der Waals surface area contributed by atoms with E-state index in [4.69, 9.17) is 10.9 Å². The lowest BCUT2D eigenvalue weighted by atomic mass is 9.76. The van der Waals surface area contributed by atoms with Crippen LogP contribution in [0.2, 0.25) is 0 Å². The van der Waals surface area contributed by atoms with Gasteiger partial charge >= 0.3 is 11.8 Å². The predicted molar refractivity (Wildman–Crippen MR) is 31.4 cm³/mol. The summed E-state index contributed by atoms with van der Waals surface area (Å²) in [4.78, 5) is 0. The highest BCUT2D eigenvalue weighted by molar-refractivity contribution is 5.84. The van der Waals surface area contributed by atoms with E-state index in [-0.39, 0.29) is 0 Å². The molecule has 3 nitrogen and oxygen atoms in total. The van der Waals surface area contributed by atoms with Crippen LogP contribution in [0.3, 0.4) is 0 Å². The Morgan fingerprint density at radius 3 is 2.17 bits per heavy atom. The normalized spacial score (nSPS) is 32.7. The lowest BCUT2D eigenvalue weighted by molar-refractivity contribution is -0.296. The molecule has 0 bridgehead atoms. The molecule has 3 N–H and O–H groups in total. The molecular formula is C5H6F4N2O. The zero-order valence-corrected chi connectivity index (χ0v) is 5.77. The Labute approximate surface area is 64.8 Å². The highest BCUT2D eigenvalue weighted by Crippen LogP contribution is 2.55. The second-order valence-corrected chi connectivity index (χ2v) is 2.61. The first kappa shape index (κ1) is 9.08. The average Bonchev–Trinajstić information content (AvgIpc) is 1.99. The van der Waals surface area contributed by atoms with Crippen molar-refractivity contribution in [1.29, 1.82) is 0 Å². The number of hydrogen-bond acceptors (Lipinski definition) is 2. The summed E-state index contributed by atoms with van der Waals surface area (Å²) in [5.41, 5.74) is 4.76. The first-order valence-electron chi connectivity index (χ1n) is 3.06. The third kappa shape index (κ3) is 0.919. The molecule has 0 aromatic rings. The molecule has 1 atom stereocenters. The maximum Gasteiger partial charge on any atom is 0.320 e. The van der Waals surface area contributed by atoms with E-state index >= 15 is 0 Å². The highest BCUT2D eigenvalue weighted by Gasteiger charge is 2.73. The molecule has 0 spiro atoms. The number of alkyl halides is 4. The Morgan fingerprint density at radius 1 is 1.42 bits per heavy atom. The van der Waals surface area contributed by atoms with Crippen molar-refractivity contribution in [2.24, 2.45) is 16.8 Å². The fourth-order valence-corrected chi connectivity index (χ4v) is 1.00. The molecule has 1 fully saturated rings. The molecule has 12 heavy (non-hydrogen) atoms. The van der Waals surface area contributed by atoms with Crippen molar-refractivity contribution in [3.05, 3.63) is 0 Å². The van der Waals surface area contributed by atoms with Gasteiger partial charge < -0.3 is 10.9 Å². The van der Waals surface area contributed by atoms with E-state index in [0.29, 0.717) is 0 Å². The van der Waals surface area contributed by atoms with Crippen LogP contribution in [0.5, 0.6) is 0 Å². The Morgan fingerprint density at radius 2 is 1.92 bits per heavy atom. The Hall–Kier alpha value is -1.01. The van der Waals surface area contributed by atoms with Crippen LogP contribution in [0.1, 0.15) is 6.42 Å². The molecule has 0 heterocycles. The standard InChI is InChI=1S/C5H6F4N2O/c6-4(7)1-2(3(10)11-12)5(4,8)9/h2,12H,1H2,(H2,10,11). The minimum Gasteiger partial charge on any atom is -0.409 e. The fourth-order valence-electron chi connectivity index (χ4n) is 1.00. The van der Waals surface area contributed by atoms with Gasteiger partial charge in [0.25, 0.3) is 0 Å². The second-order valence-electron chi connectivity index (χ2n) is 2.61. The molecule has 0 aromatic heterocycles. The van der Waals surface area contributed by atoms with E-state index in [0.717, 1.165) is 0 Å². The molecule has 0 aliphatic heterocycles. The van der Waals surface area contributed by atoms with Gasteiger partial charge in [0, 0.05) is 6.42 Å². The van der Waals surface area contributed by atoms with Gasteiger partial charge in [-0.15, -0.1) is 0 Å². The lowest BCUT2D eigenvalue weighted by Crippen LogP contribution is -2.62. The summed E-state index contributed by atoms with van der Waals surface area (Å²) in [5.74, 6) is -10.9. The van der Waals surface area contributed by atoms with Gasteiger partial charge in [0.1, 0.15) is 5.84 Å². The van der Waals surface area contributed by atoms with Crippen molar-refractivity contribution < 1.29 is 22.8 Å². The zero-order chi connectivity index (χ0) is 9.57. The summed E-state index contributed by atoms with van der Waals surface area (Å²) in [6.07, 6.45) is -1.07. The Kier molecular flexibility index (Phi) is 1.69. The van der Waals surface area contributed by atoms with Gasteiger partial charge in [0.2, 0.25) is 0 Å². The van der Waals surface area contributed by atoms with Gasteiger partial charge in [0.05, 0.1) is 5.92 Å². The van der Waals surface area contributed by atoms with Gasteiger partial charge in [0.15, 0.2) is 0 Å². The van der Waals surface area contributed by atoms with Crippen LogP contribution in [0.15, 0.2) is 5.16 Å². The third-order valence-electron chi connectivity index (χ3n) is 1.86. The van der Waals surface area contributed by atoms with Crippen LogP contribution in [-0.2, 0) is 0 Å². The van der Waals surface area contributed by atoms with Crippen molar-refractivity contribution in [1.82, 2.24) is 0 Å². The van der Waals surface area contributed by atoms with Crippen LogP contribution in [-0.4, -0.2) is 22.9 Å². The van der Waals surface area contributed by atoms with Crippen LogP contribution in [0, 0.1) is 5.92 Å². The second kappa shape index (κ2) is 2.24. The van der Waals surface area contributed by atoms with Gasteiger partial charge in [-0.2, -0.15) is 17.6 Å². The SMILES string of the molecule is NC(=NO)C1CC(F)(F)C1(F)F. The molecule has 1 aliphatic rings. The Balaban J connectivity index is 2.79. The summed E-state index contributed by atoms with van der Waals surface area (Å²) in [6, 6.07) is 0. The molecule has 70 valence electrons. The molecule has 1 rings (SSSR count). The summed E-state index contributed by atoms with van der Waals surface area (Å²) >= 11 is 0. The molecular weight excluding hydrogens is 180 g/mol. The molecule has 0 radical (unpaired) electrons. The van der Waals surface area contributed by atoms with Gasteiger partial charge in [-0.1, -0.05) is 5.16 Å². The van der Waals surface area contributed by atoms with E-state index < -0.39 is 30.0 Å². The number of hydrogen-bond donors (Lipinski definition) is 2. The first-order chi connectivity index (χ1) is 5.33. The molecule has 7 heteroatoms. The van der Waals surface area contributed by atoms with E-state index in [9.17, 15) is 17.6 Å². The van der Waals surface area contributed by atoms with Crippen molar-refractivity contribution in [3.8, 4) is 0 Å². The first-order valence-corrected chi connectivity index (χ1v) is 3.06.